The van der Waals surface area contributed by atoms with Crippen molar-refractivity contribution in [1.82, 2.24) is 4.90 Å². The summed E-state index contributed by atoms with van der Waals surface area (Å²) in [5, 5.41) is 11.1. The largest absolute Gasteiger partial charge is 0.507 e. The van der Waals surface area contributed by atoms with Gasteiger partial charge in [0.2, 0.25) is 23.6 Å². The zero-order chi connectivity index (χ0) is 31.1. The van der Waals surface area contributed by atoms with Crippen molar-refractivity contribution in [3.05, 3.63) is 106 Å². The highest BCUT2D eigenvalue weighted by atomic mass is 35.5. The van der Waals surface area contributed by atoms with Crippen LogP contribution in [-0.2, 0) is 24.6 Å². The second kappa shape index (κ2) is 10.2. The fourth-order valence-corrected chi connectivity index (χ4v) is 8.84. The molecule has 3 fully saturated rings. The lowest BCUT2D eigenvalue weighted by Crippen LogP contribution is -2.53. The molecule has 4 amide bonds. The third kappa shape index (κ3) is 3.75. The second-order valence-corrected chi connectivity index (χ2v) is 13.0. The number of aryl methyl sites for hydroxylation is 2. The van der Waals surface area contributed by atoms with Crippen molar-refractivity contribution in [2.24, 2.45) is 23.7 Å². The minimum absolute atomic E-state index is 0.167. The topological polar surface area (TPSA) is 95.0 Å². The molecule has 2 saturated heterocycles. The van der Waals surface area contributed by atoms with Gasteiger partial charge in [0.05, 0.1) is 28.9 Å². The van der Waals surface area contributed by atoms with Crippen LogP contribution in [0.5, 0.6) is 5.75 Å². The molecule has 2 aliphatic heterocycles. The number of hydrogen-bond acceptors (Lipinski definition) is 5. The molecular formula is C36H33ClN2O5. The van der Waals surface area contributed by atoms with Gasteiger partial charge in [-0.2, -0.15) is 0 Å². The fourth-order valence-electron chi connectivity index (χ4n) is 8.65. The van der Waals surface area contributed by atoms with E-state index in [1.54, 1.807) is 31.2 Å². The van der Waals surface area contributed by atoms with Crippen molar-refractivity contribution < 1.29 is 24.3 Å². The number of phenols is 1. The Kier molecular flexibility index (Phi) is 6.59. The number of imide groups is 2. The first kappa shape index (κ1) is 28.5. The van der Waals surface area contributed by atoms with Gasteiger partial charge in [-0.15, -0.1) is 0 Å². The highest BCUT2D eigenvalue weighted by Gasteiger charge is 2.70. The highest BCUT2D eigenvalue weighted by Crippen LogP contribution is 2.64. The molecule has 1 saturated carbocycles. The van der Waals surface area contributed by atoms with Gasteiger partial charge in [0, 0.05) is 17.5 Å². The number of phenolic OH excluding ortho intramolecular Hbond substituents is 1. The summed E-state index contributed by atoms with van der Waals surface area (Å²) in [6.45, 7) is 5.74. The molecule has 6 unspecified atom stereocenters. The van der Waals surface area contributed by atoms with E-state index in [2.05, 4.69) is 6.08 Å². The maximum absolute atomic E-state index is 15.2. The number of aromatic hydroxyl groups is 1. The van der Waals surface area contributed by atoms with Gasteiger partial charge in [0.1, 0.15) is 5.75 Å². The molecule has 8 heteroatoms. The first-order chi connectivity index (χ1) is 21.1. The van der Waals surface area contributed by atoms with Crippen molar-refractivity contribution >= 4 is 40.9 Å². The molecule has 44 heavy (non-hydrogen) atoms. The Balaban J connectivity index is 1.53. The van der Waals surface area contributed by atoms with Crippen LogP contribution in [-0.4, -0.2) is 40.2 Å². The minimum atomic E-state index is -1.33. The van der Waals surface area contributed by atoms with Crippen LogP contribution in [0, 0.1) is 37.5 Å². The van der Waals surface area contributed by atoms with Gasteiger partial charge in [-0.25, -0.2) is 4.90 Å². The molecule has 0 radical (unpaired) electrons. The predicted octanol–water partition coefficient (Wildman–Crippen LogP) is 5.84. The summed E-state index contributed by atoms with van der Waals surface area (Å²) in [5.74, 6) is -3.80. The summed E-state index contributed by atoms with van der Waals surface area (Å²) in [5.41, 5.74) is 2.79. The van der Waals surface area contributed by atoms with Gasteiger partial charge in [-0.05, 0) is 80.0 Å². The van der Waals surface area contributed by atoms with Gasteiger partial charge < -0.3 is 5.11 Å². The average molecular weight is 609 g/mol. The van der Waals surface area contributed by atoms with Crippen LogP contribution in [0.3, 0.4) is 0 Å². The van der Waals surface area contributed by atoms with Gasteiger partial charge in [0.15, 0.2) is 0 Å². The molecule has 4 aliphatic rings. The summed E-state index contributed by atoms with van der Waals surface area (Å²) < 4.78 is 0. The SMILES string of the molecule is CCN1C(=O)C2CC=C3C(CC4C(=O)N(c5cccc(Cl)c5)C(=O)C4(c4ccccc4)C3c3cc(C)c(O)c(C)c3)C2C1=O. The Morgan fingerprint density at radius 3 is 2.25 bits per heavy atom. The molecule has 0 bridgehead atoms. The number of carbonyl (C=O) groups is 4. The highest BCUT2D eigenvalue weighted by molar-refractivity contribution is 6.32. The number of nitrogens with zero attached hydrogens (tertiary/aromatic N) is 2. The number of benzene rings is 3. The number of anilines is 1. The number of allylic oxidation sites excluding steroid dienone is 2. The zero-order valence-electron chi connectivity index (χ0n) is 24.8. The summed E-state index contributed by atoms with van der Waals surface area (Å²) in [4.78, 5) is 59.6. The summed E-state index contributed by atoms with van der Waals surface area (Å²) in [7, 11) is 0. The van der Waals surface area contributed by atoms with Crippen molar-refractivity contribution in [1.29, 1.82) is 0 Å². The van der Waals surface area contributed by atoms with Gasteiger partial charge in [-0.1, -0.05) is 71.8 Å². The van der Waals surface area contributed by atoms with Crippen LogP contribution in [0.4, 0.5) is 5.69 Å². The van der Waals surface area contributed by atoms with Crippen molar-refractivity contribution in [3.8, 4) is 5.75 Å². The fraction of sp³-hybridized carbons (Fsp3) is 0.333. The summed E-state index contributed by atoms with van der Waals surface area (Å²) in [6, 6.07) is 20.0. The third-order valence-corrected chi connectivity index (χ3v) is 10.7. The van der Waals surface area contributed by atoms with E-state index in [1.165, 1.54) is 9.80 Å². The van der Waals surface area contributed by atoms with Crippen molar-refractivity contribution in [2.45, 2.75) is 44.9 Å². The van der Waals surface area contributed by atoms with Crippen LogP contribution in [0.15, 0.2) is 78.4 Å². The molecule has 2 heterocycles. The van der Waals surface area contributed by atoms with E-state index in [4.69, 9.17) is 11.6 Å². The van der Waals surface area contributed by atoms with E-state index in [1.807, 2.05) is 56.3 Å². The van der Waals surface area contributed by atoms with Crippen LogP contribution < -0.4 is 4.90 Å². The minimum Gasteiger partial charge on any atom is -0.507 e. The average Bonchev–Trinajstić information content (AvgIpc) is 3.40. The van der Waals surface area contributed by atoms with Crippen molar-refractivity contribution in [2.75, 3.05) is 11.4 Å². The number of fused-ring (bicyclic) bond motifs is 4. The van der Waals surface area contributed by atoms with Crippen molar-refractivity contribution in [3.63, 3.8) is 0 Å². The molecule has 0 aromatic heterocycles. The molecule has 7 nitrogen and oxygen atoms in total. The molecule has 224 valence electrons. The Morgan fingerprint density at radius 1 is 0.886 bits per heavy atom. The monoisotopic (exact) mass is 608 g/mol. The van der Waals surface area contributed by atoms with E-state index >= 15 is 4.79 Å². The molecule has 0 spiro atoms. The van der Waals surface area contributed by atoms with E-state index in [-0.39, 0.29) is 35.8 Å². The van der Waals surface area contributed by atoms with Gasteiger partial charge in [-0.3, -0.25) is 24.1 Å². The van der Waals surface area contributed by atoms with E-state index in [0.29, 0.717) is 40.4 Å². The third-order valence-electron chi connectivity index (χ3n) is 10.4. The quantitative estimate of drug-likeness (QED) is 0.296. The maximum Gasteiger partial charge on any atom is 0.246 e. The van der Waals surface area contributed by atoms with Crippen LogP contribution in [0.25, 0.3) is 0 Å². The first-order valence-corrected chi connectivity index (χ1v) is 15.5. The lowest BCUT2D eigenvalue weighted by molar-refractivity contribution is -0.140. The Hall–Kier alpha value is -4.23. The number of halogens is 1. The zero-order valence-corrected chi connectivity index (χ0v) is 25.5. The number of rotatable bonds is 4. The molecular weight excluding hydrogens is 576 g/mol. The molecule has 6 atom stereocenters. The normalized spacial score (nSPS) is 29.5. The van der Waals surface area contributed by atoms with Crippen LogP contribution >= 0.6 is 11.6 Å². The number of carbonyl (C=O) groups excluding carboxylic acids is 4. The van der Waals surface area contributed by atoms with E-state index in [9.17, 15) is 19.5 Å². The molecule has 3 aromatic rings. The Bertz CT molecular complexity index is 1760. The summed E-state index contributed by atoms with van der Waals surface area (Å²) in [6.07, 6.45) is 2.70. The van der Waals surface area contributed by atoms with E-state index < -0.39 is 35.0 Å². The standard InChI is InChI=1S/C36H33ClN2O5/c1-4-38-32(41)26-14-13-25-27(29(26)34(38)43)18-28-33(42)39(24-12-8-11-23(37)17-24)35(44)36(28,22-9-6-5-7-10-22)30(25)21-15-19(2)31(40)20(3)16-21/h5-13,15-17,26-30,40H,4,14,18H2,1-3H3. The molecule has 2 aliphatic carbocycles. The number of likely N-dealkylation sites (tertiary alicyclic amines) is 1. The second-order valence-electron chi connectivity index (χ2n) is 12.5. The summed E-state index contributed by atoms with van der Waals surface area (Å²) >= 11 is 6.36. The van der Waals surface area contributed by atoms with E-state index in [0.717, 1.165) is 11.1 Å². The molecule has 1 N–H and O–H groups in total. The number of hydrogen-bond donors (Lipinski definition) is 1. The smallest absolute Gasteiger partial charge is 0.246 e. The van der Waals surface area contributed by atoms with Gasteiger partial charge >= 0.3 is 0 Å². The maximum atomic E-state index is 15.2. The Morgan fingerprint density at radius 2 is 1.59 bits per heavy atom. The van der Waals surface area contributed by atoms with Crippen LogP contribution in [0.2, 0.25) is 5.02 Å². The molecule has 3 aromatic carbocycles. The molecule has 7 rings (SSSR count). The van der Waals surface area contributed by atoms with Gasteiger partial charge in [0.25, 0.3) is 0 Å². The lowest BCUT2D eigenvalue weighted by Gasteiger charge is -2.51. The van der Waals surface area contributed by atoms with Crippen LogP contribution in [0.1, 0.15) is 47.9 Å². The predicted molar refractivity (Wildman–Crippen MR) is 166 cm³/mol. The lowest BCUT2D eigenvalue weighted by atomic mass is 9.49. The first-order valence-electron chi connectivity index (χ1n) is 15.2. The Labute approximate surface area is 261 Å². The number of amides is 4.